The quantitative estimate of drug-likeness (QED) is 0.736. The molecule has 0 aliphatic rings. The van der Waals surface area contributed by atoms with Gasteiger partial charge >= 0.3 is 0 Å². The van der Waals surface area contributed by atoms with E-state index in [0.717, 1.165) is 11.3 Å². The number of anilines is 2. The van der Waals surface area contributed by atoms with Gasteiger partial charge in [-0.2, -0.15) is 0 Å². The lowest BCUT2D eigenvalue weighted by Gasteiger charge is -2.08. The average Bonchev–Trinajstić information content (AvgIpc) is 2.57. The molecule has 0 fully saturated rings. The van der Waals surface area contributed by atoms with Gasteiger partial charge in [-0.15, -0.1) is 0 Å². The van der Waals surface area contributed by atoms with Gasteiger partial charge in [-0.3, -0.25) is 9.59 Å². The molecule has 0 aromatic heterocycles. The first-order valence-electron chi connectivity index (χ1n) is 7.62. The monoisotopic (exact) mass is 311 g/mol. The number of hydrogen-bond donors (Lipinski definition) is 3. The Balaban J connectivity index is 1.75. The summed E-state index contributed by atoms with van der Waals surface area (Å²) in [6.07, 6.45) is 0.436. The van der Waals surface area contributed by atoms with Crippen molar-refractivity contribution in [3.05, 3.63) is 60.2 Å². The van der Waals surface area contributed by atoms with Crippen molar-refractivity contribution in [3.8, 4) is 0 Å². The van der Waals surface area contributed by atoms with E-state index in [-0.39, 0.29) is 18.4 Å². The molecule has 5 heteroatoms. The topological polar surface area (TPSA) is 70.2 Å². The molecular weight excluding hydrogens is 290 g/mol. The molecule has 2 aromatic rings. The Morgan fingerprint density at radius 1 is 0.826 bits per heavy atom. The third-order valence-corrected chi connectivity index (χ3v) is 3.23. The van der Waals surface area contributed by atoms with Gasteiger partial charge in [-0.05, 0) is 29.8 Å². The van der Waals surface area contributed by atoms with E-state index in [1.54, 1.807) is 31.2 Å². The van der Waals surface area contributed by atoms with Gasteiger partial charge in [0.25, 0.3) is 0 Å². The summed E-state index contributed by atoms with van der Waals surface area (Å²) < 4.78 is 0. The third-order valence-electron chi connectivity index (χ3n) is 3.23. The Morgan fingerprint density at radius 3 is 1.96 bits per heavy atom. The highest BCUT2D eigenvalue weighted by Gasteiger charge is 2.03. The van der Waals surface area contributed by atoms with E-state index >= 15 is 0 Å². The first-order valence-corrected chi connectivity index (χ1v) is 7.62. The molecule has 0 saturated heterocycles. The van der Waals surface area contributed by atoms with Crippen molar-refractivity contribution in [1.29, 1.82) is 0 Å². The summed E-state index contributed by atoms with van der Waals surface area (Å²) in [6.45, 7) is 2.69. The van der Waals surface area contributed by atoms with Crippen LogP contribution in [0, 0.1) is 0 Å². The lowest BCUT2D eigenvalue weighted by atomic mass is 10.2. The van der Waals surface area contributed by atoms with Gasteiger partial charge in [0, 0.05) is 24.3 Å². The zero-order valence-electron chi connectivity index (χ0n) is 13.1. The van der Waals surface area contributed by atoms with Crippen LogP contribution in [0.1, 0.15) is 18.9 Å². The lowest BCUT2D eigenvalue weighted by Crippen LogP contribution is -2.27. The summed E-state index contributed by atoms with van der Waals surface area (Å²) in [4.78, 5) is 23.2. The highest BCUT2D eigenvalue weighted by molar-refractivity contribution is 5.93. The average molecular weight is 311 g/mol. The predicted molar refractivity (Wildman–Crippen MR) is 92.1 cm³/mol. The van der Waals surface area contributed by atoms with Gasteiger partial charge in [0.2, 0.25) is 11.8 Å². The standard InChI is InChI=1S/C18H21N3O2/c1-2-17(22)20-15-8-10-16(11-9-15)21-18(23)13-19-12-14-6-4-3-5-7-14/h3-11,19H,2,12-13H2,1H3,(H,20,22)(H,21,23). The van der Waals surface area contributed by atoms with Crippen molar-refractivity contribution < 1.29 is 9.59 Å². The number of carbonyl (C=O) groups excluding carboxylic acids is 2. The number of nitrogens with one attached hydrogen (secondary N) is 3. The van der Waals surface area contributed by atoms with E-state index in [1.807, 2.05) is 30.3 Å². The van der Waals surface area contributed by atoms with E-state index in [2.05, 4.69) is 16.0 Å². The molecule has 0 aliphatic heterocycles. The fourth-order valence-electron chi connectivity index (χ4n) is 2.01. The summed E-state index contributed by atoms with van der Waals surface area (Å²) >= 11 is 0. The molecule has 2 rings (SSSR count). The Labute approximate surface area is 136 Å². The predicted octanol–water partition coefficient (Wildman–Crippen LogP) is 2.76. The van der Waals surface area contributed by atoms with Crippen molar-refractivity contribution in [1.82, 2.24) is 5.32 Å². The molecule has 120 valence electrons. The SMILES string of the molecule is CCC(=O)Nc1ccc(NC(=O)CNCc2ccccc2)cc1. The number of hydrogen-bond acceptors (Lipinski definition) is 3. The van der Waals surface area contributed by atoms with Gasteiger partial charge < -0.3 is 16.0 Å². The van der Waals surface area contributed by atoms with Crippen LogP contribution in [0.25, 0.3) is 0 Å². The molecule has 0 unspecified atom stereocenters. The van der Waals surface area contributed by atoms with Crippen LogP contribution in [-0.2, 0) is 16.1 Å². The number of benzene rings is 2. The number of rotatable bonds is 7. The van der Waals surface area contributed by atoms with Gasteiger partial charge in [0.05, 0.1) is 6.54 Å². The second-order valence-electron chi connectivity index (χ2n) is 5.12. The van der Waals surface area contributed by atoms with Crippen LogP contribution >= 0.6 is 0 Å². The highest BCUT2D eigenvalue weighted by atomic mass is 16.2. The maximum Gasteiger partial charge on any atom is 0.238 e. The summed E-state index contributed by atoms with van der Waals surface area (Å²) in [7, 11) is 0. The minimum absolute atomic E-state index is 0.0353. The maximum atomic E-state index is 11.9. The van der Waals surface area contributed by atoms with Gasteiger partial charge in [0.1, 0.15) is 0 Å². The fraction of sp³-hybridized carbons (Fsp3) is 0.222. The molecule has 0 bridgehead atoms. The number of amides is 2. The molecule has 2 aromatic carbocycles. The van der Waals surface area contributed by atoms with E-state index in [9.17, 15) is 9.59 Å². The van der Waals surface area contributed by atoms with Crippen LogP contribution < -0.4 is 16.0 Å². The van der Waals surface area contributed by atoms with Crippen molar-refractivity contribution in [2.45, 2.75) is 19.9 Å². The second-order valence-corrected chi connectivity index (χ2v) is 5.12. The molecule has 3 N–H and O–H groups in total. The van der Waals surface area contributed by atoms with Crippen LogP contribution in [0.3, 0.4) is 0 Å². The van der Waals surface area contributed by atoms with Crippen molar-refractivity contribution in [2.24, 2.45) is 0 Å². The Bertz CT molecular complexity index is 639. The highest BCUT2D eigenvalue weighted by Crippen LogP contribution is 2.13. The van der Waals surface area contributed by atoms with Crippen molar-refractivity contribution in [3.63, 3.8) is 0 Å². The second kappa shape index (κ2) is 8.70. The van der Waals surface area contributed by atoms with E-state index in [0.29, 0.717) is 18.7 Å². The molecule has 5 nitrogen and oxygen atoms in total. The van der Waals surface area contributed by atoms with Crippen LogP contribution in [0.2, 0.25) is 0 Å². The van der Waals surface area contributed by atoms with Crippen molar-refractivity contribution >= 4 is 23.2 Å². The third kappa shape index (κ3) is 5.92. The smallest absolute Gasteiger partial charge is 0.238 e. The summed E-state index contributed by atoms with van der Waals surface area (Å²) in [6, 6.07) is 17.0. The molecular formula is C18H21N3O2. The lowest BCUT2D eigenvalue weighted by molar-refractivity contribution is -0.116. The molecule has 0 atom stereocenters. The summed E-state index contributed by atoms with van der Waals surface area (Å²) in [5, 5.41) is 8.67. The van der Waals surface area contributed by atoms with E-state index < -0.39 is 0 Å². The van der Waals surface area contributed by atoms with Crippen LogP contribution in [0.15, 0.2) is 54.6 Å². The molecule has 23 heavy (non-hydrogen) atoms. The Morgan fingerprint density at radius 2 is 1.39 bits per heavy atom. The molecule has 0 aliphatic carbocycles. The molecule has 0 heterocycles. The molecule has 0 saturated carbocycles. The van der Waals surface area contributed by atoms with Crippen molar-refractivity contribution in [2.75, 3.05) is 17.2 Å². The summed E-state index contributed by atoms with van der Waals surface area (Å²) in [5.41, 5.74) is 2.55. The van der Waals surface area contributed by atoms with Gasteiger partial charge in [-0.1, -0.05) is 37.3 Å². The zero-order valence-corrected chi connectivity index (χ0v) is 13.1. The van der Waals surface area contributed by atoms with Gasteiger partial charge in [-0.25, -0.2) is 0 Å². The Hall–Kier alpha value is -2.66. The first-order chi connectivity index (χ1) is 11.2. The van der Waals surface area contributed by atoms with Crippen LogP contribution in [0.5, 0.6) is 0 Å². The Kier molecular flexibility index (Phi) is 6.32. The van der Waals surface area contributed by atoms with Crippen LogP contribution in [-0.4, -0.2) is 18.4 Å². The summed E-state index contributed by atoms with van der Waals surface area (Å²) in [5.74, 6) is -0.141. The molecule has 0 radical (unpaired) electrons. The maximum absolute atomic E-state index is 11.9. The zero-order chi connectivity index (χ0) is 16.5. The number of carbonyl (C=O) groups is 2. The van der Waals surface area contributed by atoms with Gasteiger partial charge in [0.15, 0.2) is 0 Å². The minimum atomic E-state index is -0.105. The van der Waals surface area contributed by atoms with E-state index in [1.165, 1.54) is 0 Å². The van der Waals surface area contributed by atoms with E-state index in [4.69, 9.17) is 0 Å². The largest absolute Gasteiger partial charge is 0.326 e. The van der Waals surface area contributed by atoms with Crippen LogP contribution in [0.4, 0.5) is 11.4 Å². The molecule has 2 amide bonds. The normalized spacial score (nSPS) is 10.1. The molecule has 0 spiro atoms. The fourth-order valence-corrected chi connectivity index (χ4v) is 2.01. The first kappa shape index (κ1) is 16.7. The minimum Gasteiger partial charge on any atom is -0.326 e.